The number of benzene rings is 1. The lowest BCUT2D eigenvalue weighted by Gasteiger charge is -2.26. The predicted octanol–water partition coefficient (Wildman–Crippen LogP) is 3.47. The molecule has 1 unspecified atom stereocenters. The molecule has 0 amide bonds. The first kappa shape index (κ1) is 9.85. The number of aromatic amines is 1. The van der Waals surface area contributed by atoms with E-state index in [0.29, 0.717) is 6.04 Å². The number of nitrogens with zero attached hydrogens (tertiary/aromatic N) is 1. The van der Waals surface area contributed by atoms with E-state index in [4.69, 9.17) is 12.2 Å². The van der Waals surface area contributed by atoms with Gasteiger partial charge in [-0.3, -0.25) is 0 Å². The second kappa shape index (κ2) is 3.91. The van der Waals surface area contributed by atoms with Crippen LogP contribution in [0.5, 0.6) is 0 Å². The zero-order valence-corrected chi connectivity index (χ0v) is 9.83. The highest BCUT2D eigenvalue weighted by Gasteiger charge is 2.21. The lowest BCUT2D eigenvalue weighted by Crippen LogP contribution is -2.16. The molecular formula is C13H14N2S. The van der Waals surface area contributed by atoms with Gasteiger partial charge in [0.15, 0.2) is 4.77 Å². The van der Waals surface area contributed by atoms with Gasteiger partial charge in [-0.2, -0.15) is 0 Å². The average molecular weight is 230 g/mol. The number of imidazole rings is 1. The molecule has 0 fully saturated rings. The molecule has 16 heavy (non-hydrogen) atoms. The smallest absolute Gasteiger partial charge is 0.177 e. The third kappa shape index (κ3) is 1.52. The van der Waals surface area contributed by atoms with Crippen molar-refractivity contribution in [1.82, 2.24) is 9.55 Å². The second-order valence-corrected chi connectivity index (χ2v) is 4.67. The molecule has 0 spiro atoms. The number of aryl methyl sites for hydroxylation is 1. The molecule has 0 aliphatic heterocycles. The molecule has 2 nitrogen and oxygen atoms in total. The van der Waals surface area contributed by atoms with Gasteiger partial charge < -0.3 is 9.55 Å². The van der Waals surface area contributed by atoms with Crippen LogP contribution in [0, 0.1) is 4.77 Å². The molecule has 0 bridgehead atoms. The van der Waals surface area contributed by atoms with Crippen LogP contribution in [0.4, 0.5) is 0 Å². The Morgan fingerprint density at radius 3 is 3.00 bits per heavy atom. The van der Waals surface area contributed by atoms with Gasteiger partial charge in [0.2, 0.25) is 0 Å². The van der Waals surface area contributed by atoms with E-state index >= 15 is 0 Å². The van der Waals surface area contributed by atoms with Gasteiger partial charge in [0.1, 0.15) is 0 Å². The molecule has 3 rings (SSSR count). The summed E-state index contributed by atoms with van der Waals surface area (Å²) in [5, 5.41) is 0. The molecule has 1 atom stereocenters. The van der Waals surface area contributed by atoms with E-state index < -0.39 is 0 Å². The molecule has 0 saturated carbocycles. The summed E-state index contributed by atoms with van der Waals surface area (Å²) in [5.41, 5.74) is 2.91. The Morgan fingerprint density at radius 1 is 1.31 bits per heavy atom. The van der Waals surface area contributed by atoms with Gasteiger partial charge in [-0.05, 0) is 42.6 Å². The van der Waals surface area contributed by atoms with E-state index in [1.165, 1.54) is 30.4 Å². The minimum absolute atomic E-state index is 0.420. The third-order valence-electron chi connectivity index (χ3n) is 3.35. The zero-order chi connectivity index (χ0) is 11.0. The van der Waals surface area contributed by atoms with Gasteiger partial charge in [-0.25, -0.2) is 0 Å². The first-order valence-corrected chi connectivity index (χ1v) is 6.10. The molecule has 1 aromatic carbocycles. The first-order chi connectivity index (χ1) is 7.86. The van der Waals surface area contributed by atoms with Crippen molar-refractivity contribution in [3.8, 4) is 0 Å². The number of hydrogen-bond donors (Lipinski definition) is 1. The van der Waals surface area contributed by atoms with E-state index in [2.05, 4.69) is 40.0 Å². The summed E-state index contributed by atoms with van der Waals surface area (Å²) >= 11 is 5.30. The maximum Gasteiger partial charge on any atom is 0.177 e. The minimum Gasteiger partial charge on any atom is -0.337 e. The molecule has 1 N–H and O–H groups in total. The summed E-state index contributed by atoms with van der Waals surface area (Å²) in [6.07, 6.45) is 7.59. The summed E-state index contributed by atoms with van der Waals surface area (Å²) in [6.45, 7) is 0. The van der Waals surface area contributed by atoms with Crippen LogP contribution in [0.25, 0.3) is 0 Å². The number of H-pyrrole nitrogens is 1. The topological polar surface area (TPSA) is 20.7 Å². The normalized spacial score (nSPS) is 19.4. The van der Waals surface area contributed by atoms with Crippen molar-refractivity contribution in [3.05, 3.63) is 52.6 Å². The number of hydrogen-bond acceptors (Lipinski definition) is 1. The molecule has 1 aliphatic carbocycles. The lowest BCUT2D eigenvalue weighted by atomic mass is 9.88. The molecular weight excluding hydrogens is 216 g/mol. The van der Waals surface area contributed by atoms with Crippen LogP contribution in [0.3, 0.4) is 0 Å². The van der Waals surface area contributed by atoms with Crippen molar-refractivity contribution in [2.75, 3.05) is 0 Å². The number of nitrogens with one attached hydrogen (secondary N) is 1. The van der Waals surface area contributed by atoms with Crippen LogP contribution in [0.2, 0.25) is 0 Å². The Kier molecular flexibility index (Phi) is 2.40. The fourth-order valence-electron chi connectivity index (χ4n) is 2.59. The van der Waals surface area contributed by atoms with Gasteiger partial charge >= 0.3 is 0 Å². The lowest BCUT2D eigenvalue weighted by molar-refractivity contribution is 0.485. The number of rotatable bonds is 1. The molecule has 2 aromatic rings. The Labute approximate surface area is 99.9 Å². The highest BCUT2D eigenvalue weighted by molar-refractivity contribution is 7.71. The minimum atomic E-state index is 0.420. The molecule has 1 aliphatic rings. The fraction of sp³-hybridized carbons (Fsp3) is 0.308. The Hall–Kier alpha value is -1.35. The van der Waals surface area contributed by atoms with Gasteiger partial charge in [0.25, 0.3) is 0 Å². The SMILES string of the molecule is S=c1[nH]ccn1C1CCCc2ccccc21. The van der Waals surface area contributed by atoms with E-state index in [1.54, 1.807) is 0 Å². The third-order valence-corrected chi connectivity index (χ3v) is 3.68. The quantitative estimate of drug-likeness (QED) is 0.744. The number of aromatic nitrogens is 2. The average Bonchev–Trinajstić information content (AvgIpc) is 2.75. The van der Waals surface area contributed by atoms with Crippen molar-refractivity contribution in [1.29, 1.82) is 0 Å². The van der Waals surface area contributed by atoms with Crippen molar-refractivity contribution in [3.63, 3.8) is 0 Å². The van der Waals surface area contributed by atoms with Crippen LogP contribution in [0.15, 0.2) is 36.7 Å². The summed E-state index contributed by atoms with van der Waals surface area (Å²) in [5.74, 6) is 0. The van der Waals surface area contributed by atoms with Gasteiger partial charge in [-0.15, -0.1) is 0 Å². The molecule has 0 saturated heterocycles. The Bertz CT molecular complexity index is 553. The first-order valence-electron chi connectivity index (χ1n) is 5.69. The van der Waals surface area contributed by atoms with E-state index in [1.807, 2.05) is 6.20 Å². The van der Waals surface area contributed by atoms with Crippen LogP contribution >= 0.6 is 12.2 Å². The van der Waals surface area contributed by atoms with E-state index in [9.17, 15) is 0 Å². The summed E-state index contributed by atoms with van der Waals surface area (Å²) < 4.78 is 2.99. The summed E-state index contributed by atoms with van der Waals surface area (Å²) in [6, 6.07) is 9.13. The van der Waals surface area contributed by atoms with Gasteiger partial charge in [0, 0.05) is 12.4 Å². The molecule has 1 heterocycles. The molecule has 1 aromatic heterocycles. The highest BCUT2D eigenvalue weighted by Crippen LogP contribution is 2.32. The van der Waals surface area contributed by atoms with Crippen LogP contribution in [-0.2, 0) is 6.42 Å². The molecule has 0 radical (unpaired) electrons. The Morgan fingerprint density at radius 2 is 2.19 bits per heavy atom. The molecule has 82 valence electrons. The van der Waals surface area contributed by atoms with Crippen LogP contribution in [0.1, 0.15) is 30.0 Å². The maximum atomic E-state index is 5.30. The predicted molar refractivity (Wildman–Crippen MR) is 67.1 cm³/mol. The largest absolute Gasteiger partial charge is 0.337 e. The highest BCUT2D eigenvalue weighted by atomic mass is 32.1. The van der Waals surface area contributed by atoms with Crippen molar-refractivity contribution in [2.45, 2.75) is 25.3 Å². The van der Waals surface area contributed by atoms with Gasteiger partial charge in [-0.1, -0.05) is 24.3 Å². The van der Waals surface area contributed by atoms with Crippen LogP contribution < -0.4 is 0 Å². The number of fused-ring (bicyclic) bond motifs is 1. The standard InChI is InChI=1S/C13H14N2S/c16-13-14-8-9-15(13)12-7-3-5-10-4-1-2-6-11(10)12/h1-2,4,6,8-9,12H,3,5,7H2,(H,14,16). The van der Waals surface area contributed by atoms with Gasteiger partial charge in [0.05, 0.1) is 6.04 Å². The van der Waals surface area contributed by atoms with Crippen molar-refractivity contribution < 1.29 is 0 Å². The summed E-state index contributed by atoms with van der Waals surface area (Å²) in [4.78, 5) is 3.07. The zero-order valence-electron chi connectivity index (χ0n) is 9.02. The van der Waals surface area contributed by atoms with E-state index in [0.717, 1.165) is 4.77 Å². The maximum absolute atomic E-state index is 5.30. The van der Waals surface area contributed by atoms with Crippen molar-refractivity contribution >= 4 is 12.2 Å². The van der Waals surface area contributed by atoms with Crippen molar-refractivity contribution in [2.24, 2.45) is 0 Å². The molecule has 3 heteroatoms. The Balaban J connectivity index is 2.12. The summed E-state index contributed by atoms with van der Waals surface area (Å²) in [7, 11) is 0. The van der Waals surface area contributed by atoms with Crippen LogP contribution in [-0.4, -0.2) is 9.55 Å². The second-order valence-electron chi connectivity index (χ2n) is 4.28. The monoisotopic (exact) mass is 230 g/mol. The fourth-order valence-corrected chi connectivity index (χ4v) is 2.85. The van der Waals surface area contributed by atoms with E-state index in [-0.39, 0.29) is 0 Å².